The van der Waals surface area contributed by atoms with Crippen LogP contribution in [-0.4, -0.2) is 20.2 Å². The van der Waals surface area contributed by atoms with E-state index in [0.29, 0.717) is 17.5 Å². The minimum Gasteiger partial charge on any atom is -0.459 e. The fraction of sp³-hybridized carbons (Fsp3) is 0.312. The molecule has 2 heterocycles. The van der Waals surface area contributed by atoms with Crippen molar-refractivity contribution in [2.45, 2.75) is 32.9 Å². The van der Waals surface area contributed by atoms with Crippen LogP contribution in [0, 0.1) is 0 Å². The number of benzene rings is 1. The SMILES string of the molecule is CCCCn1nnnc1NCc1ccc(-c2ccc(Cl)cc2)o1. The van der Waals surface area contributed by atoms with Crippen molar-refractivity contribution in [3.8, 4) is 11.3 Å². The highest BCUT2D eigenvalue weighted by atomic mass is 35.5. The highest BCUT2D eigenvalue weighted by molar-refractivity contribution is 6.30. The monoisotopic (exact) mass is 331 g/mol. The zero-order valence-corrected chi connectivity index (χ0v) is 13.6. The molecule has 1 N–H and O–H groups in total. The van der Waals surface area contributed by atoms with Crippen molar-refractivity contribution in [1.82, 2.24) is 20.2 Å². The molecule has 2 aromatic heterocycles. The first-order chi connectivity index (χ1) is 11.3. The number of hydrogen-bond acceptors (Lipinski definition) is 5. The van der Waals surface area contributed by atoms with Gasteiger partial charge in [-0.1, -0.05) is 30.0 Å². The van der Waals surface area contributed by atoms with Crippen molar-refractivity contribution in [1.29, 1.82) is 0 Å². The summed E-state index contributed by atoms with van der Waals surface area (Å²) in [6, 6.07) is 11.4. The van der Waals surface area contributed by atoms with Crippen LogP contribution in [0.15, 0.2) is 40.8 Å². The molecule has 3 aromatic rings. The molecule has 7 heteroatoms. The van der Waals surface area contributed by atoms with Gasteiger partial charge in [-0.25, -0.2) is 4.68 Å². The number of halogens is 1. The summed E-state index contributed by atoms with van der Waals surface area (Å²) in [7, 11) is 0. The lowest BCUT2D eigenvalue weighted by atomic mass is 10.2. The lowest BCUT2D eigenvalue weighted by Crippen LogP contribution is -2.08. The molecule has 0 radical (unpaired) electrons. The summed E-state index contributed by atoms with van der Waals surface area (Å²) in [6.45, 7) is 3.47. The fourth-order valence-electron chi connectivity index (χ4n) is 2.20. The first kappa shape index (κ1) is 15.6. The molecule has 0 aliphatic carbocycles. The Morgan fingerprint density at radius 3 is 2.78 bits per heavy atom. The second kappa shape index (κ2) is 7.28. The molecule has 0 bridgehead atoms. The Morgan fingerprint density at radius 1 is 1.17 bits per heavy atom. The maximum absolute atomic E-state index is 5.90. The Bertz CT molecular complexity index is 750. The van der Waals surface area contributed by atoms with E-state index in [1.165, 1.54) is 0 Å². The summed E-state index contributed by atoms with van der Waals surface area (Å²) in [5.41, 5.74) is 0.994. The first-order valence-corrected chi connectivity index (χ1v) is 7.98. The predicted molar refractivity (Wildman–Crippen MR) is 89.2 cm³/mol. The highest BCUT2D eigenvalue weighted by Gasteiger charge is 2.08. The summed E-state index contributed by atoms with van der Waals surface area (Å²) in [5.74, 6) is 2.28. The Balaban J connectivity index is 1.63. The second-order valence-corrected chi connectivity index (χ2v) is 5.64. The van der Waals surface area contributed by atoms with Gasteiger partial charge in [0.05, 0.1) is 6.54 Å². The molecular formula is C16H18ClN5O. The van der Waals surface area contributed by atoms with E-state index in [4.69, 9.17) is 16.0 Å². The van der Waals surface area contributed by atoms with Gasteiger partial charge in [-0.2, -0.15) is 0 Å². The standard InChI is InChI=1S/C16H18ClN5O/c1-2-3-10-22-16(19-20-21-22)18-11-14-8-9-15(23-14)12-4-6-13(17)7-5-12/h4-9H,2-3,10-11H2,1H3,(H,18,19,21). The first-order valence-electron chi connectivity index (χ1n) is 7.61. The van der Waals surface area contributed by atoms with E-state index in [9.17, 15) is 0 Å². The summed E-state index contributed by atoms with van der Waals surface area (Å²) in [5, 5.41) is 15.6. The number of aromatic nitrogens is 4. The molecule has 0 atom stereocenters. The number of nitrogens with one attached hydrogen (secondary N) is 1. The van der Waals surface area contributed by atoms with Gasteiger partial charge >= 0.3 is 0 Å². The Morgan fingerprint density at radius 2 is 2.00 bits per heavy atom. The van der Waals surface area contributed by atoms with Gasteiger partial charge in [-0.05, 0) is 53.2 Å². The van der Waals surface area contributed by atoms with Crippen molar-refractivity contribution in [3.63, 3.8) is 0 Å². The van der Waals surface area contributed by atoms with Crippen molar-refractivity contribution in [2.75, 3.05) is 5.32 Å². The Hall–Kier alpha value is -2.34. The minimum absolute atomic E-state index is 0.528. The Labute approximate surface area is 139 Å². The summed E-state index contributed by atoms with van der Waals surface area (Å²) in [6.07, 6.45) is 2.14. The minimum atomic E-state index is 0.528. The number of anilines is 1. The zero-order chi connectivity index (χ0) is 16.1. The van der Waals surface area contributed by atoms with E-state index in [0.717, 1.165) is 36.5 Å². The third-order valence-corrected chi connectivity index (χ3v) is 3.72. The number of tetrazole rings is 1. The number of aryl methyl sites for hydroxylation is 1. The fourth-order valence-corrected chi connectivity index (χ4v) is 2.32. The third-order valence-electron chi connectivity index (χ3n) is 3.47. The van der Waals surface area contributed by atoms with Crippen LogP contribution < -0.4 is 5.32 Å². The molecule has 0 aliphatic heterocycles. The van der Waals surface area contributed by atoms with Gasteiger partial charge in [0.1, 0.15) is 11.5 Å². The molecule has 1 aromatic carbocycles. The molecule has 6 nitrogen and oxygen atoms in total. The average Bonchev–Trinajstić information content (AvgIpc) is 3.21. The second-order valence-electron chi connectivity index (χ2n) is 5.21. The van der Waals surface area contributed by atoms with Gasteiger partial charge in [0.2, 0.25) is 5.95 Å². The molecule has 120 valence electrons. The molecule has 0 fully saturated rings. The molecule has 0 amide bonds. The lowest BCUT2D eigenvalue weighted by Gasteiger charge is -2.05. The maximum Gasteiger partial charge on any atom is 0.243 e. The topological polar surface area (TPSA) is 68.8 Å². The van der Waals surface area contributed by atoms with Crippen LogP contribution in [-0.2, 0) is 13.1 Å². The van der Waals surface area contributed by atoms with Crippen LogP contribution in [0.2, 0.25) is 5.02 Å². The quantitative estimate of drug-likeness (QED) is 0.708. The normalized spacial score (nSPS) is 10.9. The highest BCUT2D eigenvalue weighted by Crippen LogP contribution is 2.24. The van der Waals surface area contributed by atoms with Gasteiger partial charge in [0.15, 0.2) is 0 Å². The number of unbranched alkanes of at least 4 members (excludes halogenated alkanes) is 1. The maximum atomic E-state index is 5.90. The van der Waals surface area contributed by atoms with Crippen molar-refractivity contribution < 1.29 is 4.42 Å². The number of nitrogens with zero attached hydrogens (tertiary/aromatic N) is 4. The largest absolute Gasteiger partial charge is 0.459 e. The molecular weight excluding hydrogens is 314 g/mol. The van der Waals surface area contributed by atoms with Crippen LogP contribution in [0.5, 0.6) is 0 Å². The third kappa shape index (κ3) is 3.90. The van der Waals surface area contributed by atoms with Crippen LogP contribution in [0.25, 0.3) is 11.3 Å². The van der Waals surface area contributed by atoms with Gasteiger partial charge in [-0.3, -0.25) is 0 Å². The van der Waals surface area contributed by atoms with Crippen LogP contribution in [0.1, 0.15) is 25.5 Å². The van der Waals surface area contributed by atoms with Crippen molar-refractivity contribution in [2.24, 2.45) is 0 Å². The number of furan rings is 1. The molecule has 0 unspecified atom stereocenters. The summed E-state index contributed by atoms with van der Waals surface area (Å²) in [4.78, 5) is 0. The van der Waals surface area contributed by atoms with Crippen LogP contribution >= 0.6 is 11.6 Å². The smallest absolute Gasteiger partial charge is 0.243 e. The molecule has 0 aliphatic rings. The van der Waals surface area contributed by atoms with Crippen molar-refractivity contribution >= 4 is 17.5 Å². The van der Waals surface area contributed by atoms with E-state index in [2.05, 4.69) is 27.8 Å². The number of hydrogen-bond donors (Lipinski definition) is 1. The van der Waals surface area contributed by atoms with E-state index in [1.54, 1.807) is 4.68 Å². The van der Waals surface area contributed by atoms with E-state index < -0.39 is 0 Å². The van der Waals surface area contributed by atoms with Gasteiger partial charge in [-0.15, -0.1) is 0 Å². The van der Waals surface area contributed by atoms with Gasteiger partial charge < -0.3 is 9.73 Å². The van der Waals surface area contributed by atoms with Gasteiger partial charge in [0.25, 0.3) is 0 Å². The van der Waals surface area contributed by atoms with Crippen LogP contribution in [0.3, 0.4) is 0 Å². The van der Waals surface area contributed by atoms with Gasteiger partial charge in [0, 0.05) is 17.1 Å². The van der Waals surface area contributed by atoms with E-state index in [1.807, 2.05) is 36.4 Å². The zero-order valence-electron chi connectivity index (χ0n) is 12.9. The molecule has 0 saturated heterocycles. The van der Waals surface area contributed by atoms with Crippen molar-refractivity contribution in [3.05, 3.63) is 47.2 Å². The Kier molecular flexibility index (Phi) is 4.92. The van der Waals surface area contributed by atoms with Crippen LogP contribution in [0.4, 0.5) is 5.95 Å². The molecule has 0 spiro atoms. The molecule has 23 heavy (non-hydrogen) atoms. The lowest BCUT2D eigenvalue weighted by molar-refractivity contribution is 0.526. The predicted octanol–water partition coefficient (Wildman–Crippen LogP) is 4.00. The molecule has 0 saturated carbocycles. The number of rotatable bonds is 7. The average molecular weight is 332 g/mol. The van der Waals surface area contributed by atoms with E-state index in [-0.39, 0.29) is 0 Å². The molecule has 3 rings (SSSR count). The van der Waals surface area contributed by atoms with E-state index >= 15 is 0 Å². The summed E-state index contributed by atoms with van der Waals surface area (Å²) >= 11 is 5.90. The summed E-state index contributed by atoms with van der Waals surface area (Å²) < 4.78 is 7.62.